The van der Waals surface area contributed by atoms with Gasteiger partial charge in [-0.1, -0.05) is 40.1 Å². The number of hydrogen-bond donors (Lipinski definition) is 1. The molecule has 3 rings (SSSR count). The van der Waals surface area contributed by atoms with Gasteiger partial charge in [-0.05, 0) is 37.4 Å². The van der Waals surface area contributed by atoms with Crippen molar-refractivity contribution in [2.75, 3.05) is 12.4 Å². The summed E-state index contributed by atoms with van der Waals surface area (Å²) >= 11 is 3.59. The fourth-order valence-corrected chi connectivity index (χ4v) is 4.54. The predicted octanol–water partition coefficient (Wildman–Crippen LogP) is 5.59. The average Bonchev–Trinajstić information content (AvgIpc) is 2.91. The van der Waals surface area contributed by atoms with Crippen molar-refractivity contribution in [3.05, 3.63) is 70.1 Å². The molecule has 0 radical (unpaired) electrons. The van der Waals surface area contributed by atoms with E-state index in [1.165, 1.54) is 30.6 Å². The number of thioether (sulfide) groups is 1. The van der Waals surface area contributed by atoms with Gasteiger partial charge in [0.05, 0.1) is 0 Å². The number of anilines is 1. The number of aromatic nitrogens is 1. The van der Waals surface area contributed by atoms with Gasteiger partial charge in [0.1, 0.15) is 11.7 Å². The molecular formula is C21H22CeN2S2. The van der Waals surface area contributed by atoms with Gasteiger partial charge in [0.2, 0.25) is 5.52 Å². The molecule has 0 saturated carbocycles. The molecule has 2 nitrogen and oxygen atoms in total. The molecule has 132 valence electrons. The van der Waals surface area contributed by atoms with Crippen LogP contribution in [-0.4, -0.2) is 7.05 Å². The fourth-order valence-electron chi connectivity index (χ4n) is 2.60. The minimum absolute atomic E-state index is 0. The first kappa shape index (κ1) is 21.6. The van der Waals surface area contributed by atoms with E-state index < -0.39 is 0 Å². The second-order valence-electron chi connectivity index (χ2n) is 5.88. The van der Waals surface area contributed by atoms with Crippen molar-refractivity contribution in [1.82, 2.24) is 0 Å². The number of hydrogen-bond acceptors (Lipinski definition) is 3. The Balaban J connectivity index is 0.00000243. The summed E-state index contributed by atoms with van der Waals surface area (Å²) in [5.74, 6) is 0. The summed E-state index contributed by atoms with van der Waals surface area (Å²) in [6.07, 6.45) is 6.48. The summed E-state index contributed by atoms with van der Waals surface area (Å²) in [5.41, 5.74) is 3.69. The molecule has 0 aliphatic rings. The van der Waals surface area contributed by atoms with E-state index in [1.54, 1.807) is 11.8 Å². The third-order valence-electron chi connectivity index (χ3n) is 3.95. The van der Waals surface area contributed by atoms with Crippen molar-refractivity contribution in [2.45, 2.75) is 18.7 Å². The van der Waals surface area contributed by atoms with Crippen LogP contribution in [0.1, 0.15) is 17.5 Å². The summed E-state index contributed by atoms with van der Waals surface area (Å²) in [4.78, 5) is 2.46. The van der Waals surface area contributed by atoms with Gasteiger partial charge in [-0.3, -0.25) is 0 Å². The molecule has 1 heterocycles. The second-order valence-corrected chi connectivity index (χ2v) is 8.23. The molecule has 1 N–H and O–H groups in total. The number of benzene rings is 2. The molecule has 0 aliphatic carbocycles. The topological polar surface area (TPSA) is 15.9 Å². The van der Waals surface area contributed by atoms with Gasteiger partial charge in [-0.2, -0.15) is 28.8 Å². The Morgan fingerprint density at radius 1 is 1.31 bits per heavy atom. The fraction of sp³-hybridized carbons (Fsp3) is 0.190. The first-order valence-electron chi connectivity index (χ1n) is 8.18. The molecule has 2 aromatic carbocycles. The largest absolute Gasteiger partial charge is 0.438 e. The summed E-state index contributed by atoms with van der Waals surface area (Å²) in [6, 6.07) is 15.7. The van der Waals surface area contributed by atoms with E-state index in [-0.39, 0.29) is 41.7 Å². The van der Waals surface area contributed by atoms with Crippen LogP contribution in [0.5, 0.6) is 0 Å². The number of rotatable bonds is 5. The van der Waals surface area contributed by atoms with Gasteiger partial charge in [-0.25, -0.2) is 0 Å². The van der Waals surface area contributed by atoms with Crippen LogP contribution in [0.15, 0.2) is 58.4 Å². The van der Waals surface area contributed by atoms with Crippen LogP contribution >= 0.6 is 23.1 Å². The zero-order valence-electron chi connectivity index (χ0n) is 15.5. The van der Waals surface area contributed by atoms with Gasteiger partial charge in [0, 0.05) is 53.9 Å². The summed E-state index contributed by atoms with van der Waals surface area (Å²) in [6.45, 7) is 4.27. The Hall–Kier alpha value is -0.663. The van der Waals surface area contributed by atoms with Gasteiger partial charge in [0.15, 0.2) is 0 Å². The van der Waals surface area contributed by atoms with E-state index in [1.807, 2.05) is 30.5 Å². The smallest absolute Gasteiger partial charge is 0.262 e. The van der Waals surface area contributed by atoms with Crippen LogP contribution in [0.2, 0.25) is 0 Å². The van der Waals surface area contributed by atoms with Crippen LogP contribution in [0.25, 0.3) is 16.3 Å². The molecular weight excluding hydrogens is 484 g/mol. The van der Waals surface area contributed by atoms with E-state index in [4.69, 9.17) is 0 Å². The number of nitrogens with zero attached hydrogens (tertiary/aromatic N) is 1. The van der Waals surface area contributed by atoms with Crippen molar-refractivity contribution in [2.24, 2.45) is 7.05 Å². The van der Waals surface area contributed by atoms with E-state index in [9.17, 15) is 0 Å². The van der Waals surface area contributed by atoms with Crippen LogP contribution in [0, 0.1) is 54.7 Å². The van der Waals surface area contributed by atoms with Crippen LogP contribution in [-0.2, 0) is 7.05 Å². The Bertz CT molecular complexity index is 958. The number of thiazole rings is 1. The van der Waals surface area contributed by atoms with Crippen molar-refractivity contribution < 1.29 is 46.3 Å². The SMILES string of the molecule is CNc1c[c-]ccc1SC(C)=CC=Cc1sc2ccc(C)cc2[n+]1C.[Ce]. The summed E-state index contributed by atoms with van der Waals surface area (Å²) in [5, 5.41) is 4.46. The van der Waals surface area contributed by atoms with Gasteiger partial charge >= 0.3 is 0 Å². The van der Waals surface area contributed by atoms with E-state index in [0.29, 0.717) is 0 Å². The summed E-state index contributed by atoms with van der Waals surface area (Å²) < 4.78 is 3.58. The standard InChI is InChI=1S/C21H22N2S2.Ce/c1-15-12-13-20-18(14-15)23(4)21(25-20)11-7-8-16(2)24-19-10-6-5-9-17(19)22-3;/h6-14,22H,1-4H3;. The maximum Gasteiger partial charge on any atom is 0.262 e. The minimum Gasteiger partial charge on any atom is -0.438 e. The minimum atomic E-state index is 0. The quantitative estimate of drug-likeness (QED) is 0.210. The van der Waals surface area contributed by atoms with E-state index in [0.717, 1.165) is 5.69 Å². The van der Waals surface area contributed by atoms with Gasteiger partial charge < -0.3 is 5.32 Å². The Morgan fingerprint density at radius 2 is 2.12 bits per heavy atom. The zero-order valence-corrected chi connectivity index (χ0v) is 20.2. The van der Waals surface area contributed by atoms with Crippen LogP contribution < -0.4 is 9.88 Å². The monoisotopic (exact) mass is 506 g/mol. The van der Waals surface area contributed by atoms with Crippen LogP contribution in [0.4, 0.5) is 5.69 Å². The van der Waals surface area contributed by atoms with E-state index >= 15 is 0 Å². The molecule has 0 atom stereocenters. The maximum absolute atomic E-state index is 3.21. The van der Waals surface area contributed by atoms with E-state index in [2.05, 4.69) is 79.3 Å². The van der Waals surface area contributed by atoms with Crippen molar-refractivity contribution >= 4 is 45.1 Å². The third kappa shape index (κ3) is 5.20. The second kappa shape index (κ2) is 10.0. The normalized spacial score (nSPS) is 11.8. The molecule has 26 heavy (non-hydrogen) atoms. The Labute approximate surface area is 197 Å². The molecule has 0 fully saturated rings. The van der Waals surface area contributed by atoms with Gasteiger partial charge in [0.25, 0.3) is 5.01 Å². The van der Waals surface area contributed by atoms with Crippen molar-refractivity contribution in [1.29, 1.82) is 0 Å². The maximum atomic E-state index is 3.21. The molecule has 0 amide bonds. The Morgan fingerprint density at radius 3 is 2.88 bits per heavy atom. The molecule has 0 saturated heterocycles. The molecule has 1 aromatic heterocycles. The molecule has 0 unspecified atom stereocenters. The van der Waals surface area contributed by atoms with Gasteiger partial charge in [-0.15, -0.1) is 11.8 Å². The molecule has 0 bridgehead atoms. The number of fused-ring (bicyclic) bond motifs is 1. The van der Waals surface area contributed by atoms with Crippen molar-refractivity contribution in [3.63, 3.8) is 0 Å². The number of allylic oxidation sites excluding steroid dienone is 3. The van der Waals surface area contributed by atoms with Crippen LogP contribution in [0.3, 0.4) is 0 Å². The third-order valence-corrected chi connectivity index (χ3v) is 6.17. The molecule has 5 heteroatoms. The molecule has 0 spiro atoms. The zero-order chi connectivity index (χ0) is 17.8. The first-order chi connectivity index (χ1) is 12.1. The molecule has 0 aliphatic heterocycles. The Kier molecular flexibility index (Phi) is 8.35. The molecule has 3 aromatic rings. The average molecular weight is 507 g/mol. The van der Waals surface area contributed by atoms with Crippen molar-refractivity contribution in [3.8, 4) is 0 Å². The predicted molar refractivity (Wildman–Crippen MR) is 111 cm³/mol. The number of nitrogens with one attached hydrogen (secondary N) is 1. The first-order valence-corrected chi connectivity index (χ1v) is 9.81. The summed E-state index contributed by atoms with van der Waals surface area (Å²) in [7, 11) is 4.07. The number of aryl methyl sites for hydroxylation is 2.